The smallest absolute Gasteiger partial charge is 0.187 e. The third-order valence-corrected chi connectivity index (χ3v) is 5.00. The number of hydrogen-bond donors (Lipinski definition) is 1. The lowest BCUT2D eigenvalue weighted by atomic mass is 10.3. The van der Waals surface area contributed by atoms with Crippen molar-refractivity contribution in [2.24, 2.45) is 0 Å². The number of hydrogen-bond acceptors (Lipinski definition) is 6. The maximum absolute atomic E-state index is 12.2. The zero-order valence-electron chi connectivity index (χ0n) is 9.66. The maximum atomic E-state index is 12.2. The summed E-state index contributed by atoms with van der Waals surface area (Å²) in [6, 6.07) is 4.51. The van der Waals surface area contributed by atoms with Crippen LogP contribution in [-0.4, -0.2) is 20.5 Å². The van der Waals surface area contributed by atoms with Crippen LogP contribution in [0.5, 0.6) is 5.75 Å². The molecule has 0 saturated heterocycles. The lowest BCUT2D eigenvalue weighted by Crippen LogP contribution is -2.06. The molecule has 0 aliphatic carbocycles. The third kappa shape index (κ3) is 2.62. The lowest BCUT2D eigenvalue weighted by molar-refractivity contribution is 0.403. The minimum atomic E-state index is -3.45. The van der Waals surface area contributed by atoms with Crippen LogP contribution >= 0.6 is 11.3 Å². The highest BCUT2D eigenvalue weighted by Gasteiger charge is 2.21. The van der Waals surface area contributed by atoms with Crippen molar-refractivity contribution >= 4 is 26.9 Å². The molecule has 0 saturated carbocycles. The number of nitrogens with zero attached hydrogens (tertiary/aromatic N) is 1. The van der Waals surface area contributed by atoms with Gasteiger partial charge in [-0.15, -0.1) is 11.3 Å². The second kappa shape index (κ2) is 4.95. The average molecular weight is 284 g/mol. The number of nitrogen functional groups attached to an aromatic ring is 1. The molecule has 0 bridgehead atoms. The van der Waals surface area contributed by atoms with E-state index in [9.17, 15) is 8.42 Å². The van der Waals surface area contributed by atoms with Crippen molar-refractivity contribution in [3.05, 3.63) is 34.8 Å². The van der Waals surface area contributed by atoms with Crippen LogP contribution in [0.15, 0.2) is 34.8 Å². The van der Waals surface area contributed by atoms with Gasteiger partial charge in [-0.2, -0.15) is 0 Å². The first-order valence-electron chi connectivity index (χ1n) is 5.06. The first-order chi connectivity index (χ1) is 8.53. The van der Waals surface area contributed by atoms with E-state index in [1.165, 1.54) is 30.6 Å². The van der Waals surface area contributed by atoms with Gasteiger partial charge in [0.05, 0.1) is 18.4 Å². The van der Waals surface area contributed by atoms with Gasteiger partial charge >= 0.3 is 0 Å². The van der Waals surface area contributed by atoms with Gasteiger partial charge in [-0.1, -0.05) is 0 Å². The molecule has 0 radical (unpaired) electrons. The molecular weight excluding hydrogens is 272 g/mol. The third-order valence-electron chi connectivity index (χ3n) is 2.34. The number of rotatable bonds is 4. The van der Waals surface area contributed by atoms with Crippen LogP contribution in [0.3, 0.4) is 0 Å². The van der Waals surface area contributed by atoms with E-state index in [1.807, 2.05) is 0 Å². The van der Waals surface area contributed by atoms with Gasteiger partial charge in [-0.05, 0) is 12.1 Å². The van der Waals surface area contributed by atoms with Crippen molar-refractivity contribution in [3.8, 4) is 5.75 Å². The van der Waals surface area contributed by atoms with Crippen molar-refractivity contribution in [3.63, 3.8) is 0 Å². The van der Waals surface area contributed by atoms with Crippen molar-refractivity contribution in [2.75, 3.05) is 12.8 Å². The lowest BCUT2D eigenvalue weighted by Gasteiger charge is -2.09. The molecule has 0 spiro atoms. The number of thiazole rings is 1. The Kier molecular flexibility index (Phi) is 3.53. The quantitative estimate of drug-likeness (QED) is 0.864. The molecule has 5 nitrogen and oxygen atoms in total. The maximum Gasteiger partial charge on any atom is 0.187 e. The summed E-state index contributed by atoms with van der Waals surface area (Å²) in [5.41, 5.74) is 7.66. The highest BCUT2D eigenvalue weighted by Crippen LogP contribution is 2.29. The zero-order chi connectivity index (χ0) is 13.2. The largest absolute Gasteiger partial charge is 0.495 e. The monoisotopic (exact) mass is 284 g/mol. The number of benzene rings is 1. The molecule has 18 heavy (non-hydrogen) atoms. The second-order valence-electron chi connectivity index (χ2n) is 3.64. The highest BCUT2D eigenvalue weighted by atomic mass is 32.2. The Morgan fingerprint density at radius 3 is 2.83 bits per heavy atom. The Morgan fingerprint density at radius 2 is 2.22 bits per heavy atom. The number of anilines is 1. The predicted octanol–water partition coefficient (Wildman–Crippen LogP) is 1.71. The number of ether oxygens (including phenoxy) is 1. The molecule has 0 atom stereocenters. The SMILES string of the molecule is COc1cc(N)ccc1S(=O)(=O)Cc1cncs1. The number of methoxy groups -OCH3 is 1. The van der Waals surface area contributed by atoms with Crippen LogP contribution in [0.4, 0.5) is 5.69 Å². The summed E-state index contributed by atoms with van der Waals surface area (Å²) in [5.74, 6) is 0.178. The summed E-state index contributed by atoms with van der Waals surface area (Å²) in [7, 11) is -2.04. The number of sulfone groups is 1. The first kappa shape index (κ1) is 12.8. The Bertz CT molecular complexity index is 636. The van der Waals surface area contributed by atoms with Crippen LogP contribution in [0.1, 0.15) is 4.88 Å². The predicted molar refractivity (Wildman–Crippen MR) is 70.4 cm³/mol. The fraction of sp³-hybridized carbons (Fsp3) is 0.182. The van der Waals surface area contributed by atoms with Gasteiger partial charge in [0, 0.05) is 22.8 Å². The fourth-order valence-corrected chi connectivity index (χ4v) is 3.96. The normalized spacial score (nSPS) is 11.4. The van der Waals surface area contributed by atoms with Crippen LogP contribution in [0.2, 0.25) is 0 Å². The molecule has 0 fully saturated rings. The molecule has 1 heterocycles. The van der Waals surface area contributed by atoms with E-state index in [2.05, 4.69) is 4.98 Å². The molecule has 0 unspecified atom stereocenters. The standard InChI is InChI=1S/C11H12N2O3S2/c1-16-10-4-8(12)2-3-11(10)18(14,15)6-9-5-13-7-17-9/h2-5,7H,6,12H2,1H3. The highest BCUT2D eigenvalue weighted by molar-refractivity contribution is 7.90. The molecule has 0 amide bonds. The summed E-state index contributed by atoms with van der Waals surface area (Å²) in [5, 5.41) is 0. The van der Waals surface area contributed by atoms with E-state index in [0.717, 1.165) is 0 Å². The molecule has 1 aromatic carbocycles. The molecule has 2 rings (SSSR count). The molecule has 0 aliphatic rings. The summed E-state index contributed by atoms with van der Waals surface area (Å²) >= 11 is 1.31. The van der Waals surface area contributed by atoms with Gasteiger partial charge in [0.25, 0.3) is 0 Å². The Balaban J connectivity index is 2.41. The average Bonchev–Trinajstić information content (AvgIpc) is 2.80. The summed E-state index contributed by atoms with van der Waals surface area (Å²) in [4.78, 5) is 4.69. The van der Waals surface area contributed by atoms with Crippen molar-refractivity contribution < 1.29 is 13.2 Å². The Morgan fingerprint density at radius 1 is 1.44 bits per heavy atom. The topological polar surface area (TPSA) is 82.3 Å². The van der Waals surface area contributed by atoms with Crippen molar-refractivity contribution in [1.29, 1.82) is 0 Å². The zero-order valence-corrected chi connectivity index (χ0v) is 11.3. The van der Waals surface area contributed by atoms with Gasteiger partial charge in [-0.3, -0.25) is 4.98 Å². The van der Waals surface area contributed by atoms with Crippen molar-refractivity contribution in [2.45, 2.75) is 10.6 Å². The van der Waals surface area contributed by atoms with Gasteiger partial charge in [0.2, 0.25) is 0 Å². The minimum absolute atomic E-state index is 0.0854. The summed E-state index contributed by atoms with van der Waals surface area (Å²) in [6.07, 6.45) is 1.55. The van der Waals surface area contributed by atoms with E-state index >= 15 is 0 Å². The van der Waals surface area contributed by atoms with Crippen LogP contribution in [0.25, 0.3) is 0 Å². The van der Waals surface area contributed by atoms with Gasteiger partial charge in [-0.25, -0.2) is 8.42 Å². The summed E-state index contributed by atoms with van der Waals surface area (Å²) in [6.45, 7) is 0. The van der Waals surface area contributed by atoms with Crippen LogP contribution in [-0.2, 0) is 15.6 Å². The van der Waals surface area contributed by atoms with E-state index in [-0.39, 0.29) is 16.4 Å². The molecule has 2 aromatic rings. The fourth-order valence-electron chi connectivity index (χ4n) is 1.52. The van der Waals surface area contributed by atoms with Gasteiger partial charge in [0.15, 0.2) is 9.84 Å². The van der Waals surface area contributed by atoms with Gasteiger partial charge < -0.3 is 10.5 Å². The second-order valence-corrected chi connectivity index (χ2v) is 6.57. The number of aromatic nitrogens is 1. The van der Waals surface area contributed by atoms with E-state index in [1.54, 1.807) is 17.8 Å². The van der Waals surface area contributed by atoms with E-state index in [4.69, 9.17) is 10.5 Å². The first-order valence-corrected chi connectivity index (χ1v) is 7.60. The molecule has 1 aromatic heterocycles. The Labute approximate surface area is 109 Å². The van der Waals surface area contributed by atoms with Gasteiger partial charge in [0.1, 0.15) is 10.6 Å². The molecule has 7 heteroatoms. The molecular formula is C11H12N2O3S2. The van der Waals surface area contributed by atoms with Crippen LogP contribution < -0.4 is 10.5 Å². The number of nitrogens with two attached hydrogens (primary N) is 1. The van der Waals surface area contributed by atoms with E-state index in [0.29, 0.717) is 10.6 Å². The molecule has 0 aliphatic heterocycles. The molecule has 2 N–H and O–H groups in total. The van der Waals surface area contributed by atoms with Crippen molar-refractivity contribution in [1.82, 2.24) is 4.98 Å². The summed E-state index contributed by atoms with van der Waals surface area (Å²) < 4.78 is 29.6. The van der Waals surface area contributed by atoms with E-state index < -0.39 is 9.84 Å². The molecule has 96 valence electrons. The Hall–Kier alpha value is -1.60. The van der Waals surface area contributed by atoms with Crippen LogP contribution in [0, 0.1) is 0 Å². The minimum Gasteiger partial charge on any atom is -0.495 e.